The first-order valence-electron chi connectivity index (χ1n) is 7.80. The van der Waals surface area contributed by atoms with Crippen molar-refractivity contribution in [2.45, 2.75) is 13.8 Å². The molecule has 24 heavy (non-hydrogen) atoms. The van der Waals surface area contributed by atoms with Gasteiger partial charge in [-0.1, -0.05) is 18.2 Å². The van der Waals surface area contributed by atoms with Crippen molar-refractivity contribution in [2.75, 3.05) is 18.4 Å². The highest BCUT2D eigenvalue weighted by molar-refractivity contribution is 5.94. The highest BCUT2D eigenvalue weighted by Gasteiger charge is 2.35. The maximum Gasteiger partial charge on any atom is 0.295 e. The third-order valence-electron chi connectivity index (χ3n) is 4.50. The molecule has 7 nitrogen and oxygen atoms in total. The van der Waals surface area contributed by atoms with Crippen LogP contribution in [-0.4, -0.2) is 39.2 Å². The number of hydrogen-bond donors (Lipinski definition) is 1. The highest BCUT2D eigenvalue weighted by atomic mass is 16.2. The fourth-order valence-corrected chi connectivity index (χ4v) is 2.84. The SMILES string of the molecule is CC(=O)N1CC(C(=O)Nc2c(C)n(C)n(-c3ccccc3)c2=O)C1. The maximum absolute atomic E-state index is 12.7. The van der Waals surface area contributed by atoms with Gasteiger partial charge in [0, 0.05) is 27.1 Å². The van der Waals surface area contributed by atoms with E-state index in [2.05, 4.69) is 5.32 Å². The summed E-state index contributed by atoms with van der Waals surface area (Å²) in [6, 6.07) is 9.26. The van der Waals surface area contributed by atoms with E-state index >= 15 is 0 Å². The van der Waals surface area contributed by atoms with Crippen molar-refractivity contribution in [3.63, 3.8) is 0 Å². The number of carbonyl (C=O) groups is 2. The van der Waals surface area contributed by atoms with Crippen LogP contribution in [0.1, 0.15) is 12.6 Å². The van der Waals surface area contributed by atoms with Crippen LogP contribution >= 0.6 is 0 Å². The number of para-hydroxylation sites is 1. The molecule has 1 fully saturated rings. The zero-order valence-corrected chi connectivity index (χ0v) is 13.9. The predicted octanol–water partition coefficient (Wildman–Crippen LogP) is 0.901. The Kier molecular flexibility index (Phi) is 4.01. The topological polar surface area (TPSA) is 76.3 Å². The van der Waals surface area contributed by atoms with E-state index in [1.54, 1.807) is 23.6 Å². The smallest absolute Gasteiger partial charge is 0.295 e. The van der Waals surface area contributed by atoms with E-state index in [4.69, 9.17) is 0 Å². The molecule has 2 heterocycles. The van der Waals surface area contributed by atoms with Gasteiger partial charge in [-0.2, -0.15) is 0 Å². The number of anilines is 1. The summed E-state index contributed by atoms with van der Waals surface area (Å²) in [5.74, 6) is -0.530. The second-order valence-electron chi connectivity index (χ2n) is 6.05. The van der Waals surface area contributed by atoms with Crippen molar-refractivity contribution in [2.24, 2.45) is 13.0 Å². The summed E-state index contributed by atoms with van der Waals surface area (Å²) < 4.78 is 3.24. The van der Waals surface area contributed by atoms with Crippen LogP contribution in [0.15, 0.2) is 35.1 Å². The summed E-state index contributed by atoms with van der Waals surface area (Å²) in [7, 11) is 1.78. The second-order valence-corrected chi connectivity index (χ2v) is 6.05. The number of amides is 2. The van der Waals surface area contributed by atoms with Crippen molar-refractivity contribution in [3.8, 4) is 5.69 Å². The van der Waals surface area contributed by atoms with Crippen LogP contribution in [0.5, 0.6) is 0 Å². The first-order valence-corrected chi connectivity index (χ1v) is 7.80. The molecule has 1 saturated heterocycles. The minimum Gasteiger partial charge on any atom is -0.341 e. The van der Waals surface area contributed by atoms with E-state index in [-0.39, 0.29) is 29.0 Å². The van der Waals surface area contributed by atoms with Gasteiger partial charge in [0.1, 0.15) is 5.69 Å². The highest BCUT2D eigenvalue weighted by Crippen LogP contribution is 2.19. The van der Waals surface area contributed by atoms with E-state index in [1.165, 1.54) is 11.6 Å². The largest absolute Gasteiger partial charge is 0.341 e. The summed E-state index contributed by atoms with van der Waals surface area (Å²) in [5, 5.41) is 2.74. The number of hydrogen-bond acceptors (Lipinski definition) is 3. The van der Waals surface area contributed by atoms with E-state index in [9.17, 15) is 14.4 Å². The summed E-state index contributed by atoms with van der Waals surface area (Å²) >= 11 is 0. The van der Waals surface area contributed by atoms with Crippen molar-refractivity contribution in [1.82, 2.24) is 14.3 Å². The van der Waals surface area contributed by atoms with Crippen molar-refractivity contribution in [3.05, 3.63) is 46.4 Å². The number of likely N-dealkylation sites (tertiary alicyclic amines) is 1. The minimum absolute atomic E-state index is 0.0404. The number of rotatable bonds is 3. The van der Waals surface area contributed by atoms with Crippen LogP contribution in [0, 0.1) is 12.8 Å². The lowest BCUT2D eigenvalue weighted by Crippen LogP contribution is -2.53. The van der Waals surface area contributed by atoms with Crippen molar-refractivity contribution in [1.29, 1.82) is 0 Å². The van der Waals surface area contributed by atoms with Crippen molar-refractivity contribution < 1.29 is 9.59 Å². The van der Waals surface area contributed by atoms with Gasteiger partial charge in [-0.15, -0.1) is 0 Å². The van der Waals surface area contributed by atoms with Crippen LogP contribution in [0.25, 0.3) is 5.69 Å². The van der Waals surface area contributed by atoms with Gasteiger partial charge in [-0.3, -0.25) is 19.1 Å². The molecule has 1 aromatic heterocycles. The van der Waals surface area contributed by atoms with Gasteiger partial charge in [0.15, 0.2) is 0 Å². The number of nitrogens with zero attached hydrogens (tertiary/aromatic N) is 3. The molecule has 0 bridgehead atoms. The van der Waals surface area contributed by atoms with Gasteiger partial charge in [0.2, 0.25) is 11.8 Å². The molecule has 0 unspecified atom stereocenters. The molecule has 7 heteroatoms. The van der Waals surface area contributed by atoms with Crippen LogP contribution < -0.4 is 10.9 Å². The Morgan fingerprint density at radius 3 is 2.38 bits per heavy atom. The quantitative estimate of drug-likeness (QED) is 0.909. The zero-order chi connectivity index (χ0) is 17.4. The van der Waals surface area contributed by atoms with Crippen LogP contribution in [-0.2, 0) is 16.6 Å². The number of nitrogens with one attached hydrogen (secondary N) is 1. The predicted molar refractivity (Wildman–Crippen MR) is 90.1 cm³/mol. The lowest BCUT2D eigenvalue weighted by molar-refractivity contribution is -0.139. The van der Waals surface area contributed by atoms with E-state index in [1.807, 2.05) is 30.3 Å². The Balaban J connectivity index is 1.84. The molecule has 2 aromatic rings. The second kappa shape index (κ2) is 5.99. The molecule has 0 atom stereocenters. The molecule has 0 aliphatic carbocycles. The fraction of sp³-hybridized carbons (Fsp3) is 0.353. The molecule has 3 rings (SSSR count). The molecular formula is C17H20N4O3. The zero-order valence-electron chi connectivity index (χ0n) is 13.9. The Morgan fingerprint density at radius 1 is 1.17 bits per heavy atom. The molecule has 1 aliphatic rings. The average molecular weight is 328 g/mol. The van der Waals surface area contributed by atoms with E-state index in [0.29, 0.717) is 18.8 Å². The monoisotopic (exact) mass is 328 g/mol. The van der Waals surface area contributed by atoms with E-state index in [0.717, 1.165) is 5.69 Å². The Bertz CT molecular complexity index is 845. The molecule has 1 N–H and O–H groups in total. The van der Waals surface area contributed by atoms with Gasteiger partial charge in [-0.05, 0) is 19.1 Å². The molecule has 0 spiro atoms. The van der Waals surface area contributed by atoms with Crippen molar-refractivity contribution >= 4 is 17.5 Å². The standard InChI is InChI=1S/C17H20N4O3/c1-11-15(18-16(23)13-9-20(10-13)12(2)22)17(24)21(19(11)3)14-7-5-4-6-8-14/h4-8,13H,9-10H2,1-3H3,(H,18,23). The van der Waals surface area contributed by atoms with Gasteiger partial charge >= 0.3 is 0 Å². The van der Waals surface area contributed by atoms with Crippen LogP contribution in [0.3, 0.4) is 0 Å². The maximum atomic E-state index is 12.7. The third-order valence-corrected chi connectivity index (χ3v) is 4.50. The van der Waals surface area contributed by atoms with Gasteiger partial charge in [0.25, 0.3) is 5.56 Å². The van der Waals surface area contributed by atoms with E-state index < -0.39 is 0 Å². The van der Waals surface area contributed by atoms with Gasteiger partial charge in [0.05, 0.1) is 17.3 Å². The Labute approximate surface area is 139 Å². The third kappa shape index (κ3) is 2.62. The minimum atomic E-state index is -0.266. The lowest BCUT2D eigenvalue weighted by atomic mass is 9.99. The summed E-state index contributed by atoms with van der Waals surface area (Å²) in [4.78, 5) is 37.8. The average Bonchev–Trinajstić information content (AvgIpc) is 2.70. The van der Waals surface area contributed by atoms with Gasteiger partial charge < -0.3 is 10.2 Å². The number of carbonyl (C=O) groups excluding carboxylic acids is 2. The molecule has 0 saturated carbocycles. The van der Waals surface area contributed by atoms with Crippen LogP contribution in [0.4, 0.5) is 5.69 Å². The summed E-state index contributed by atoms with van der Waals surface area (Å²) in [6.45, 7) is 4.08. The summed E-state index contributed by atoms with van der Waals surface area (Å²) in [5.41, 5.74) is 1.44. The first-order chi connectivity index (χ1) is 11.4. The summed E-state index contributed by atoms with van der Waals surface area (Å²) in [6.07, 6.45) is 0. The molecule has 126 valence electrons. The first kappa shape index (κ1) is 16.0. The van der Waals surface area contributed by atoms with Crippen LogP contribution in [0.2, 0.25) is 0 Å². The lowest BCUT2D eigenvalue weighted by Gasteiger charge is -2.37. The van der Waals surface area contributed by atoms with Gasteiger partial charge in [-0.25, -0.2) is 4.68 Å². The molecule has 2 amide bonds. The molecular weight excluding hydrogens is 308 g/mol. The Hall–Kier alpha value is -2.83. The normalized spacial score (nSPS) is 14.4. The number of benzene rings is 1. The molecule has 1 aromatic carbocycles. The fourth-order valence-electron chi connectivity index (χ4n) is 2.84. The Morgan fingerprint density at radius 2 is 1.79 bits per heavy atom. The number of aromatic nitrogens is 2. The molecule has 1 aliphatic heterocycles. The molecule has 0 radical (unpaired) electrons.